The topological polar surface area (TPSA) is 75.3 Å². The Balaban J connectivity index is 1.79. The number of carbonyl (C=O) groups is 3. The van der Waals surface area contributed by atoms with E-state index in [0.29, 0.717) is 6.42 Å². The SMILES string of the molecule is CC(=O)Nc1cc(CC2SC(=O)NC2=O)ccc1-c1cc2c(cc1C)C(C)(C)CCC2(C)C. The zero-order valence-electron chi connectivity index (χ0n) is 20.2. The van der Waals surface area contributed by atoms with Gasteiger partial charge in [-0.1, -0.05) is 57.7 Å². The standard InChI is InChI=1S/C27H32N2O3S/c1-15-11-20-21(27(5,6)10-9-26(20,3)4)14-19(15)18-8-7-17(12-22(18)28-16(2)30)13-23-24(31)29-25(32)33-23/h7-8,11-12,14,23H,9-10,13H2,1-6H3,(H,28,30)(H,29,31,32). The molecule has 3 amide bonds. The molecule has 0 aromatic heterocycles. The molecule has 6 heteroatoms. The lowest BCUT2D eigenvalue weighted by molar-refractivity contribution is -0.119. The maximum atomic E-state index is 12.0. The van der Waals surface area contributed by atoms with Crippen LogP contribution >= 0.6 is 11.8 Å². The number of fused-ring (bicyclic) bond motifs is 1. The molecule has 2 aliphatic rings. The lowest BCUT2D eigenvalue weighted by Crippen LogP contribution is -2.34. The molecule has 5 nitrogen and oxygen atoms in total. The van der Waals surface area contributed by atoms with Crippen molar-refractivity contribution in [2.75, 3.05) is 5.32 Å². The number of rotatable bonds is 4. The minimum atomic E-state index is -0.443. The van der Waals surface area contributed by atoms with E-state index in [0.717, 1.165) is 47.0 Å². The molecule has 0 saturated carbocycles. The van der Waals surface area contributed by atoms with E-state index in [1.165, 1.54) is 23.6 Å². The van der Waals surface area contributed by atoms with Crippen molar-refractivity contribution < 1.29 is 14.4 Å². The minimum Gasteiger partial charge on any atom is -0.326 e. The van der Waals surface area contributed by atoms with E-state index in [1.807, 2.05) is 18.2 Å². The molecule has 1 heterocycles. The first-order valence-electron chi connectivity index (χ1n) is 11.5. The Morgan fingerprint density at radius 3 is 2.24 bits per heavy atom. The van der Waals surface area contributed by atoms with Crippen molar-refractivity contribution in [1.82, 2.24) is 5.32 Å². The van der Waals surface area contributed by atoms with Gasteiger partial charge in [-0.3, -0.25) is 19.7 Å². The minimum absolute atomic E-state index is 0.0843. The van der Waals surface area contributed by atoms with Crippen molar-refractivity contribution in [1.29, 1.82) is 0 Å². The summed E-state index contributed by atoms with van der Waals surface area (Å²) in [7, 11) is 0. The number of carbonyl (C=O) groups excluding carboxylic acids is 3. The Morgan fingerprint density at radius 2 is 1.67 bits per heavy atom. The summed E-state index contributed by atoms with van der Waals surface area (Å²) in [5.74, 6) is -0.404. The highest BCUT2D eigenvalue weighted by Crippen LogP contribution is 2.48. The molecule has 1 fully saturated rings. The van der Waals surface area contributed by atoms with Gasteiger partial charge in [0.15, 0.2) is 0 Å². The molecule has 33 heavy (non-hydrogen) atoms. The van der Waals surface area contributed by atoms with E-state index < -0.39 is 5.25 Å². The van der Waals surface area contributed by atoms with Crippen LogP contribution in [0.4, 0.5) is 10.5 Å². The van der Waals surface area contributed by atoms with Crippen molar-refractivity contribution in [2.24, 2.45) is 0 Å². The highest BCUT2D eigenvalue weighted by molar-refractivity contribution is 8.15. The third-order valence-electron chi connectivity index (χ3n) is 7.07. The van der Waals surface area contributed by atoms with E-state index in [1.54, 1.807) is 0 Å². The lowest BCUT2D eigenvalue weighted by atomic mass is 9.62. The van der Waals surface area contributed by atoms with Crippen LogP contribution in [-0.2, 0) is 26.8 Å². The molecule has 2 aromatic rings. The number of nitrogens with one attached hydrogen (secondary N) is 2. The van der Waals surface area contributed by atoms with Gasteiger partial charge in [0.05, 0.1) is 5.25 Å². The smallest absolute Gasteiger partial charge is 0.286 e. The van der Waals surface area contributed by atoms with Crippen molar-refractivity contribution in [2.45, 2.75) is 76.9 Å². The van der Waals surface area contributed by atoms with E-state index in [9.17, 15) is 14.4 Å². The molecular formula is C27H32N2O3S. The molecule has 1 aliphatic carbocycles. The van der Waals surface area contributed by atoms with Gasteiger partial charge in [0.2, 0.25) is 11.8 Å². The van der Waals surface area contributed by atoms with Gasteiger partial charge in [0.25, 0.3) is 5.24 Å². The van der Waals surface area contributed by atoms with Crippen LogP contribution in [0.15, 0.2) is 30.3 Å². The lowest BCUT2D eigenvalue weighted by Gasteiger charge is -2.42. The molecule has 1 aliphatic heterocycles. The van der Waals surface area contributed by atoms with E-state index >= 15 is 0 Å². The molecule has 1 saturated heterocycles. The van der Waals surface area contributed by atoms with Crippen molar-refractivity contribution >= 4 is 34.5 Å². The molecular weight excluding hydrogens is 432 g/mol. The molecule has 0 radical (unpaired) electrons. The first-order chi connectivity index (χ1) is 15.4. The second kappa shape index (κ2) is 8.32. The predicted molar refractivity (Wildman–Crippen MR) is 135 cm³/mol. The van der Waals surface area contributed by atoms with Gasteiger partial charge >= 0.3 is 0 Å². The van der Waals surface area contributed by atoms with Crippen LogP contribution in [-0.4, -0.2) is 22.3 Å². The maximum Gasteiger partial charge on any atom is 0.286 e. The summed E-state index contributed by atoms with van der Waals surface area (Å²) in [5, 5.41) is 4.58. The molecule has 1 atom stereocenters. The van der Waals surface area contributed by atoms with Gasteiger partial charge in [0.1, 0.15) is 0 Å². The molecule has 0 bridgehead atoms. The summed E-state index contributed by atoms with van der Waals surface area (Å²) in [6.45, 7) is 12.9. The third-order valence-corrected chi connectivity index (χ3v) is 8.05. The normalized spacial score (nSPS) is 20.8. The van der Waals surface area contributed by atoms with Gasteiger partial charge in [-0.2, -0.15) is 0 Å². The quantitative estimate of drug-likeness (QED) is 0.594. The van der Waals surface area contributed by atoms with E-state index in [4.69, 9.17) is 0 Å². The zero-order chi connectivity index (χ0) is 24.1. The number of imide groups is 1. The fourth-order valence-corrected chi connectivity index (χ4v) is 5.86. The Hall–Kier alpha value is -2.60. The Labute approximate surface area is 200 Å². The van der Waals surface area contributed by atoms with Crippen LogP contribution in [0.5, 0.6) is 0 Å². The predicted octanol–water partition coefficient (Wildman–Crippen LogP) is 5.86. The van der Waals surface area contributed by atoms with Gasteiger partial charge in [-0.25, -0.2) is 0 Å². The monoisotopic (exact) mass is 464 g/mol. The number of aryl methyl sites for hydroxylation is 1. The molecule has 2 aromatic carbocycles. The summed E-state index contributed by atoms with van der Waals surface area (Å²) in [4.78, 5) is 35.6. The third kappa shape index (κ3) is 4.58. The van der Waals surface area contributed by atoms with Crippen molar-refractivity contribution in [3.05, 3.63) is 52.6 Å². The van der Waals surface area contributed by atoms with Crippen LogP contribution < -0.4 is 10.6 Å². The number of anilines is 1. The van der Waals surface area contributed by atoms with Crippen LogP contribution in [0.3, 0.4) is 0 Å². The second-order valence-corrected chi connectivity index (χ2v) is 11.8. The van der Waals surface area contributed by atoms with Crippen LogP contribution in [0.1, 0.15) is 69.7 Å². The maximum absolute atomic E-state index is 12.0. The average Bonchev–Trinajstić information content (AvgIpc) is 3.02. The highest BCUT2D eigenvalue weighted by Gasteiger charge is 2.37. The van der Waals surface area contributed by atoms with Crippen LogP contribution in [0, 0.1) is 6.92 Å². The summed E-state index contributed by atoms with van der Waals surface area (Å²) < 4.78 is 0. The largest absolute Gasteiger partial charge is 0.326 e. The highest BCUT2D eigenvalue weighted by atomic mass is 32.2. The number of thioether (sulfide) groups is 1. The summed E-state index contributed by atoms with van der Waals surface area (Å²) in [6.07, 6.45) is 2.72. The molecule has 174 valence electrons. The average molecular weight is 465 g/mol. The molecule has 0 spiro atoms. The van der Waals surface area contributed by atoms with Crippen molar-refractivity contribution in [3.63, 3.8) is 0 Å². The first kappa shape index (κ1) is 23.6. The van der Waals surface area contributed by atoms with Crippen molar-refractivity contribution in [3.8, 4) is 11.1 Å². The Morgan fingerprint density at radius 1 is 1.03 bits per heavy atom. The van der Waals surface area contributed by atoms with Gasteiger partial charge in [-0.15, -0.1) is 0 Å². The van der Waals surface area contributed by atoms with Gasteiger partial charge in [-0.05, 0) is 77.0 Å². The first-order valence-corrected chi connectivity index (χ1v) is 12.3. The van der Waals surface area contributed by atoms with Gasteiger partial charge < -0.3 is 5.32 Å². The van der Waals surface area contributed by atoms with E-state index in [2.05, 4.69) is 57.4 Å². The summed E-state index contributed by atoms with van der Waals surface area (Å²) in [5.41, 5.74) is 7.88. The van der Waals surface area contributed by atoms with Crippen LogP contribution in [0.25, 0.3) is 11.1 Å². The second-order valence-electron chi connectivity index (χ2n) is 10.6. The fourth-order valence-electron chi connectivity index (χ4n) is 5.00. The summed E-state index contributed by atoms with van der Waals surface area (Å²) in [6, 6.07) is 10.6. The fraction of sp³-hybridized carbons (Fsp3) is 0.444. The molecule has 4 rings (SSSR count). The zero-order valence-corrected chi connectivity index (χ0v) is 21.0. The Kier molecular flexibility index (Phi) is 5.94. The number of hydrogen-bond acceptors (Lipinski definition) is 4. The van der Waals surface area contributed by atoms with Crippen LogP contribution in [0.2, 0.25) is 0 Å². The van der Waals surface area contributed by atoms with E-state index in [-0.39, 0.29) is 27.9 Å². The molecule has 1 unspecified atom stereocenters. The van der Waals surface area contributed by atoms with Gasteiger partial charge in [0, 0.05) is 18.2 Å². The molecule has 2 N–H and O–H groups in total. The Bertz CT molecular complexity index is 1170. The summed E-state index contributed by atoms with van der Waals surface area (Å²) >= 11 is 1.02. The number of amides is 3. The number of benzene rings is 2. The number of hydrogen-bond donors (Lipinski definition) is 2.